The van der Waals surface area contributed by atoms with Crippen molar-refractivity contribution in [3.63, 3.8) is 0 Å². The molecule has 4 rings (SSSR count). The van der Waals surface area contributed by atoms with Crippen LogP contribution in [0, 0.1) is 5.41 Å². The molecule has 138 valence electrons. The predicted molar refractivity (Wildman–Crippen MR) is 118 cm³/mol. The van der Waals surface area contributed by atoms with Crippen LogP contribution in [0.4, 0.5) is 4.79 Å². The molecule has 0 N–H and O–H groups in total. The Bertz CT molecular complexity index is 782. The van der Waals surface area contributed by atoms with Crippen LogP contribution in [0.1, 0.15) is 43.0 Å². The van der Waals surface area contributed by atoms with E-state index in [9.17, 15) is 4.79 Å². The Morgan fingerprint density at radius 2 is 1.88 bits per heavy atom. The largest absolute Gasteiger partial charge is 0.316 e. The van der Waals surface area contributed by atoms with Crippen LogP contribution in [0.25, 0.3) is 10.8 Å². The molecule has 0 aromatic heterocycles. The lowest BCUT2D eigenvalue weighted by Gasteiger charge is -2.48. The molecule has 5 heteroatoms. The summed E-state index contributed by atoms with van der Waals surface area (Å²) in [5, 5.41) is 2.88. The minimum absolute atomic E-state index is 0.126. The van der Waals surface area contributed by atoms with Crippen molar-refractivity contribution in [2.24, 2.45) is 5.41 Å². The lowest BCUT2D eigenvalue weighted by molar-refractivity contribution is 0.130. The fourth-order valence-electron chi connectivity index (χ4n) is 4.44. The molecule has 1 aliphatic heterocycles. The maximum Gasteiger partial charge on any atom is 0.293 e. The topological polar surface area (TPSA) is 20.3 Å². The summed E-state index contributed by atoms with van der Waals surface area (Å²) < 4.78 is 0. The third-order valence-electron chi connectivity index (χ3n) is 5.73. The van der Waals surface area contributed by atoms with E-state index in [2.05, 4.69) is 47.4 Å². The third kappa shape index (κ3) is 3.63. The van der Waals surface area contributed by atoms with Gasteiger partial charge in [0.1, 0.15) is 5.37 Å². The number of amides is 1. The Labute approximate surface area is 168 Å². The summed E-state index contributed by atoms with van der Waals surface area (Å²) >= 11 is 1.98. The number of nitrogens with zero attached hydrogens (tertiary/aromatic N) is 1. The number of fused-ring (bicyclic) bond motifs is 1. The van der Waals surface area contributed by atoms with E-state index in [4.69, 9.17) is 0 Å². The number of carbonyl (C=O) groups excluding carboxylic acids is 1. The van der Waals surface area contributed by atoms with Crippen LogP contribution in [0.5, 0.6) is 0 Å². The van der Waals surface area contributed by atoms with Crippen molar-refractivity contribution in [2.45, 2.75) is 37.5 Å². The highest BCUT2D eigenvalue weighted by Gasteiger charge is 2.43. The van der Waals surface area contributed by atoms with E-state index in [-0.39, 0.29) is 10.6 Å². The normalized spacial score (nSPS) is 22.7. The monoisotopic (exact) mass is 403 g/mol. The van der Waals surface area contributed by atoms with Gasteiger partial charge in [0.25, 0.3) is 5.24 Å². The summed E-state index contributed by atoms with van der Waals surface area (Å²) in [5.74, 6) is 1.18. The molecule has 1 amide bonds. The first-order valence-electron chi connectivity index (χ1n) is 9.33. The molecule has 2 fully saturated rings. The lowest BCUT2D eigenvalue weighted by Crippen LogP contribution is -2.47. The number of rotatable bonds is 2. The van der Waals surface area contributed by atoms with E-state index < -0.39 is 0 Å². The molecule has 1 atom stereocenters. The van der Waals surface area contributed by atoms with E-state index in [0.717, 1.165) is 6.54 Å². The molecular formula is C21H25NOS3. The van der Waals surface area contributed by atoms with Crippen molar-refractivity contribution in [3.05, 3.63) is 48.0 Å². The molecule has 1 spiro atoms. The van der Waals surface area contributed by atoms with Crippen molar-refractivity contribution in [2.75, 3.05) is 18.6 Å². The molecule has 2 aromatic carbocycles. The molecule has 2 nitrogen and oxygen atoms in total. The molecule has 26 heavy (non-hydrogen) atoms. The minimum Gasteiger partial charge on any atom is -0.316 e. The lowest BCUT2D eigenvalue weighted by atomic mass is 9.75. The zero-order valence-corrected chi connectivity index (χ0v) is 17.6. The molecule has 1 saturated heterocycles. The smallest absolute Gasteiger partial charge is 0.293 e. The summed E-state index contributed by atoms with van der Waals surface area (Å²) in [4.78, 5) is 15.2. The van der Waals surface area contributed by atoms with Crippen LogP contribution in [0.3, 0.4) is 0 Å². The van der Waals surface area contributed by atoms with Crippen LogP contribution in [-0.2, 0) is 0 Å². The van der Waals surface area contributed by atoms with E-state index in [1.54, 1.807) is 10.8 Å². The molecule has 0 bridgehead atoms. The van der Waals surface area contributed by atoms with Gasteiger partial charge in [-0.1, -0.05) is 72.5 Å². The van der Waals surface area contributed by atoms with Crippen LogP contribution in [-0.4, -0.2) is 28.7 Å². The highest BCUT2D eigenvalue weighted by atomic mass is 33.1. The Balaban J connectivity index is 1.70. The summed E-state index contributed by atoms with van der Waals surface area (Å²) in [7, 11) is 2.93. The van der Waals surface area contributed by atoms with E-state index >= 15 is 0 Å². The Morgan fingerprint density at radius 1 is 1.12 bits per heavy atom. The standard InChI is InChI=1S/C21H25NOS3/c1-24-26-20(23)22-14-21(12-5-2-6-13-21)15-25-19(22)18-11-7-9-16-8-3-4-10-17(16)18/h3-4,7-11,19H,2,5-6,12-15H2,1H3. The Morgan fingerprint density at radius 3 is 2.69 bits per heavy atom. The van der Waals surface area contributed by atoms with Crippen LogP contribution < -0.4 is 0 Å². The molecule has 1 saturated carbocycles. The highest BCUT2D eigenvalue weighted by molar-refractivity contribution is 8.81. The van der Waals surface area contributed by atoms with Crippen molar-refractivity contribution in [1.82, 2.24) is 4.90 Å². The SMILES string of the molecule is CSSC(=O)N1CC2(CCCCC2)CSC1c1cccc2ccccc12. The van der Waals surface area contributed by atoms with Gasteiger partial charge in [0.2, 0.25) is 0 Å². The molecule has 1 unspecified atom stereocenters. The Kier molecular flexibility index (Phi) is 5.77. The molecule has 2 aliphatic rings. The maximum atomic E-state index is 13.0. The summed E-state index contributed by atoms with van der Waals surface area (Å²) in [5.41, 5.74) is 1.62. The van der Waals surface area contributed by atoms with Crippen molar-refractivity contribution in [3.8, 4) is 0 Å². The summed E-state index contributed by atoms with van der Waals surface area (Å²) in [6.07, 6.45) is 8.52. The van der Waals surface area contributed by atoms with Gasteiger partial charge >= 0.3 is 0 Å². The van der Waals surface area contributed by atoms with Crippen molar-refractivity contribution < 1.29 is 4.79 Å². The molecular weight excluding hydrogens is 378 g/mol. The Hall–Kier alpha value is -0.780. The van der Waals surface area contributed by atoms with Gasteiger partial charge in [0, 0.05) is 23.1 Å². The van der Waals surface area contributed by atoms with E-state index in [1.165, 1.54) is 65.0 Å². The second-order valence-electron chi connectivity index (χ2n) is 7.44. The quantitative estimate of drug-likeness (QED) is 0.504. The summed E-state index contributed by atoms with van der Waals surface area (Å²) in [6, 6.07) is 15.1. The average molecular weight is 404 g/mol. The van der Waals surface area contributed by atoms with Crippen LogP contribution in [0.15, 0.2) is 42.5 Å². The number of thioether (sulfide) groups is 1. The first-order chi connectivity index (χ1) is 12.7. The van der Waals surface area contributed by atoms with Gasteiger partial charge in [0.15, 0.2) is 0 Å². The first-order valence-corrected chi connectivity index (χ1v) is 12.9. The first kappa shape index (κ1) is 18.6. The zero-order chi connectivity index (χ0) is 18.0. The average Bonchev–Trinajstić information content (AvgIpc) is 2.68. The van der Waals surface area contributed by atoms with Gasteiger partial charge < -0.3 is 4.90 Å². The zero-order valence-electron chi connectivity index (χ0n) is 15.1. The molecule has 0 radical (unpaired) electrons. The number of hydrogen-bond donors (Lipinski definition) is 0. The minimum atomic E-state index is 0.126. The van der Waals surface area contributed by atoms with E-state index in [1.807, 2.05) is 18.0 Å². The summed E-state index contributed by atoms with van der Waals surface area (Å²) in [6.45, 7) is 0.917. The van der Waals surface area contributed by atoms with Gasteiger partial charge in [0.05, 0.1) is 0 Å². The van der Waals surface area contributed by atoms with Gasteiger partial charge in [-0.2, -0.15) is 0 Å². The number of benzene rings is 2. The highest BCUT2D eigenvalue weighted by Crippen LogP contribution is 2.51. The van der Waals surface area contributed by atoms with Crippen molar-refractivity contribution in [1.29, 1.82) is 0 Å². The van der Waals surface area contributed by atoms with Crippen LogP contribution >= 0.6 is 33.3 Å². The second-order valence-corrected chi connectivity index (χ2v) is 10.9. The predicted octanol–water partition coefficient (Wildman–Crippen LogP) is 6.97. The number of hydrogen-bond acceptors (Lipinski definition) is 4. The van der Waals surface area contributed by atoms with Crippen LogP contribution in [0.2, 0.25) is 0 Å². The molecule has 2 aromatic rings. The molecule has 1 aliphatic carbocycles. The van der Waals surface area contributed by atoms with Crippen molar-refractivity contribution >= 4 is 49.4 Å². The fourth-order valence-corrected chi connectivity index (χ4v) is 7.26. The van der Waals surface area contributed by atoms with Gasteiger partial charge in [-0.15, -0.1) is 11.8 Å². The van der Waals surface area contributed by atoms with Gasteiger partial charge in [-0.05, 0) is 40.8 Å². The van der Waals surface area contributed by atoms with E-state index in [0.29, 0.717) is 5.41 Å². The third-order valence-corrected chi connectivity index (χ3v) is 8.80. The fraction of sp³-hybridized carbons (Fsp3) is 0.476. The second kappa shape index (κ2) is 8.07. The maximum absolute atomic E-state index is 13.0. The molecule has 1 heterocycles. The number of carbonyl (C=O) groups is 1. The van der Waals surface area contributed by atoms with Gasteiger partial charge in [-0.25, -0.2) is 0 Å². The van der Waals surface area contributed by atoms with Gasteiger partial charge in [-0.3, -0.25) is 4.79 Å².